The van der Waals surface area contributed by atoms with E-state index in [9.17, 15) is 14.4 Å². The Morgan fingerprint density at radius 1 is 1.02 bits per heavy atom. The first-order valence-corrected chi connectivity index (χ1v) is 15.1. The number of carbonyl (C=O) groups excluding carboxylic acids is 2. The average Bonchev–Trinajstić information content (AvgIpc) is 3.33. The largest absolute Gasteiger partial charge is 0.495 e. The lowest BCUT2D eigenvalue weighted by atomic mass is 9.96. The van der Waals surface area contributed by atoms with Crippen molar-refractivity contribution in [1.29, 1.82) is 0 Å². The highest BCUT2D eigenvalue weighted by molar-refractivity contribution is 7.07. The number of anilines is 1. The van der Waals surface area contributed by atoms with Crippen LogP contribution in [0.1, 0.15) is 31.0 Å². The Balaban J connectivity index is 1.46. The number of amides is 1. The second-order valence-electron chi connectivity index (χ2n) is 9.77. The van der Waals surface area contributed by atoms with Crippen LogP contribution < -0.4 is 34.4 Å². The molecule has 4 aromatic rings. The van der Waals surface area contributed by atoms with Gasteiger partial charge in [-0.3, -0.25) is 14.2 Å². The number of hydrogen-bond donors (Lipinski definition) is 1. The Labute approximate surface area is 267 Å². The molecule has 0 saturated heterocycles. The van der Waals surface area contributed by atoms with Crippen LogP contribution in [-0.2, 0) is 14.3 Å². The van der Waals surface area contributed by atoms with Crippen LogP contribution in [0.4, 0.5) is 5.69 Å². The highest BCUT2D eigenvalue weighted by atomic mass is 35.5. The zero-order valence-corrected chi connectivity index (χ0v) is 26.5. The third kappa shape index (κ3) is 6.64. The van der Waals surface area contributed by atoms with Crippen LogP contribution in [0, 0.1) is 0 Å². The molecule has 0 spiro atoms. The molecule has 2 heterocycles. The monoisotopic (exact) mass is 647 g/mol. The fourth-order valence-corrected chi connectivity index (χ4v) is 6.19. The van der Waals surface area contributed by atoms with Gasteiger partial charge in [-0.2, -0.15) is 0 Å². The summed E-state index contributed by atoms with van der Waals surface area (Å²) in [5.41, 5.74) is 2.12. The number of fused-ring (bicyclic) bond motifs is 1. The first-order valence-electron chi connectivity index (χ1n) is 13.9. The average molecular weight is 648 g/mol. The molecular formula is C33H30ClN3O7S. The molecule has 0 radical (unpaired) electrons. The number of para-hydroxylation sites is 2. The number of allylic oxidation sites excluding steroid dienone is 1. The molecule has 1 amide bonds. The number of thiazole rings is 1. The van der Waals surface area contributed by atoms with E-state index < -0.39 is 12.0 Å². The van der Waals surface area contributed by atoms with E-state index >= 15 is 0 Å². The van der Waals surface area contributed by atoms with Crippen LogP contribution in [0.3, 0.4) is 0 Å². The van der Waals surface area contributed by atoms with Crippen LogP contribution in [-0.4, -0.2) is 43.9 Å². The van der Waals surface area contributed by atoms with Crippen molar-refractivity contribution in [2.24, 2.45) is 4.99 Å². The second kappa shape index (κ2) is 13.8. The molecule has 1 aromatic heterocycles. The zero-order chi connectivity index (χ0) is 32.1. The van der Waals surface area contributed by atoms with Crippen LogP contribution in [0.15, 0.2) is 87.8 Å². The number of ether oxygens (including phenoxy) is 4. The minimum absolute atomic E-state index is 0.170. The Kier molecular flexibility index (Phi) is 9.70. The van der Waals surface area contributed by atoms with Gasteiger partial charge in [-0.25, -0.2) is 9.79 Å². The molecule has 10 nitrogen and oxygen atoms in total. The van der Waals surface area contributed by atoms with Gasteiger partial charge in [0.05, 0.1) is 42.3 Å². The molecule has 0 saturated carbocycles. The van der Waals surface area contributed by atoms with Crippen molar-refractivity contribution in [3.05, 3.63) is 114 Å². The van der Waals surface area contributed by atoms with E-state index in [4.69, 9.17) is 30.5 Å². The van der Waals surface area contributed by atoms with E-state index in [-0.39, 0.29) is 30.3 Å². The van der Waals surface area contributed by atoms with E-state index in [1.54, 1.807) is 86.7 Å². The summed E-state index contributed by atoms with van der Waals surface area (Å²) in [6, 6.07) is 18.4. The Bertz CT molecular complexity index is 1980. The van der Waals surface area contributed by atoms with Crippen LogP contribution >= 0.6 is 22.9 Å². The highest BCUT2D eigenvalue weighted by Crippen LogP contribution is 2.34. The summed E-state index contributed by atoms with van der Waals surface area (Å²) < 4.78 is 23.7. The van der Waals surface area contributed by atoms with Gasteiger partial charge < -0.3 is 24.3 Å². The molecule has 1 atom stereocenters. The summed E-state index contributed by atoms with van der Waals surface area (Å²) in [5.74, 6) is 0.311. The van der Waals surface area contributed by atoms with Crippen molar-refractivity contribution < 1.29 is 28.5 Å². The quantitative estimate of drug-likeness (QED) is 0.252. The summed E-state index contributed by atoms with van der Waals surface area (Å²) in [4.78, 5) is 44.5. The number of benzene rings is 3. The van der Waals surface area contributed by atoms with Gasteiger partial charge in [0.15, 0.2) is 22.9 Å². The molecule has 5 rings (SSSR count). The number of hydrogen-bond acceptors (Lipinski definition) is 9. The number of carbonyl (C=O) groups is 2. The van der Waals surface area contributed by atoms with Crippen molar-refractivity contribution in [3.63, 3.8) is 0 Å². The molecule has 45 heavy (non-hydrogen) atoms. The number of rotatable bonds is 10. The van der Waals surface area contributed by atoms with Gasteiger partial charge in [0.2, 0.25) is 0 Å². The Morgan fingerprint density at radius 3 is 2.49 bits per heavy atom. The number of nitrogens with zero attached hydrogens (tertiary/aromatic N) is 2. The maximum Gasteiger partial charge on any atom is 0.338 e. The van der Waals surface area contributed by atoms with Crippen LogP contribution in [0.5, 0.6) is 17.2 Å². The van der Waals surface area contributed by atoms with E-state index in [0.29, 0.717) is 54.1 Å². The number of aromatic nitrogens is 1. The zero-order valence-electron chi connectivity index (χ0n) is 25.0. The molecule has 0 bridgehead atoms. The van der Waals surface area contributed by atoms with E-state index in [1.165, 1.54) is 30.1 Å². The predicted octanol–water partition coefficient (Wildman–Crippen LogP) is 4.49. The van der Waals surface area contributed by atoms with Gasteiger partial charge in [-0.05, 0) is 61.4 Å². The lowest BCUT2D eigenvalue weighted by molar-refractivity contribution is -0.139. The van der Waals surface area contributed by atoms with Crippen molar-refractivity contribution in [2.45, 2.75) is 19.9 Å². The molecular weight excluding hydrogens is 618 g/mol. The van der Waals surface area contributed by atoms with E-state index in [2.05, 4.69) is 10.3 Å². The molecule has 12 heteroatoms. The van der Waals surface area contributed by atoms with Crippen molar-refractivity contribution in [2.75, 3.05) is 32.8 Å². The third-order valence-electron chi connectivity index (χ3n) is 6.94. The first-order chi connectivity index (χ1) is 21.7. The molecule has 0 fully saturated rings. The predicted molar refractivity (Wildman–Crippen MR) is 172 cm³/mol. The Morgan fingerprint density at radius 2 is 1.76 bits per heavy atom. The lowest BCUT2D eigenvalue weighted by Gasteiger charge is -2.25. The van der Waals surface area contributed by atoms with Crippen LogP contribution in [0.2, 0.25) is 5.02 Å². The van der Waals surface area contributed by atoms with Gasteiger partial charge in [-0.15, -0.1) is 0 Å². The van der Waals surface area contributed by atoms with Gasteiger partial charge in [0, 0.05) is 5.02 Å². The summed E-state index contributed by atoms with van der Waals surface area (Å²) in [7, 11) is 3.01. The van der Waals surface area contributed by atoms with Gasteiger partial charge in [-0.1, -0.05) is 59.3 Å². The number of nitrogens with one attached hydrogen (secondary N) is 1. The van der Waals surface area contributed by atoms with Crippen molar-refractivity contribution >= 4 is 46.6 Å². The summed E-state index contributed by atoms with van der Waals surface area (Å²) in [5, 5.41) is 3.17. The van der Waals surface area contributed by atoms with Gasteiger partial charge in [0.25, 0.3) is 11.5 Å². The van der Waals surface area contributed by atoms with Gasteiger partial charge >= 0.3 is 5.97 Å². The number of esters is 1. The van der Waals surface area contributed by atoms with Crippen LogP contribution in [0.25, 0.3) is 6.08 Å². The second-order valence-corrected chi connectivity index (χ2v) is 11.2. The lowest BCUT2D eigenvalue weighted by Crippen LogP contribution is -2.40. The molecule has 1 N–H and O–H groups in total. The SMILES string of the molecule is CCOC(=O)C1=C(C)N=c2s/c(=C/c3ccc(OCC(=O)Nc4ccccc4OC)c(OC)c3)c(=O)n2[C@@H]1c1ccccc1Cl. The minimum atomic E-state index is -0.816. The maximum atomic E-state index is 13.9. The molecule has 1 aliphatic heterocycles. The molecule has 232 valence electrons. The first kappa shape index (κ1) is 31.6. The van der Waals surface area contributed by atoms with Gasteiger partial charge in [0.1, 0.15) is 11.8 Å². The molecule has 0 aliphatic carbocycles. The van der Waals surface area contributed by atoms with Crippen molar-refractivity contribution in [3.8, 4) is 17.2 Å². The summed E-state index contributed by atoms with van der Waals surface area (Å²) in [6.45, 7) is 3.34. The smallest absolute Gasteiger partial charge is 0.338 e. The minimum Gasteiger partial charge on any atom is -0.495 e. The number of halogens is 1. The summed E-state index contributed by atoms with van der Waals surface area (Å²) >= 11 is 7.76. The standard InChI is InChI=1S/C33H30ClN3O7S/c1-5-43-32(40)29-19(2)35-33-37(30(29)21-10-6-7-11-22(21)34)31(39)27(45-33)17-20-14-15-25(26(16-20)42-4)44-18-28(38)36-23-12-8-9-13-24(23)41-3/h6-17,30H,5,18H2,1-4H3,(H,36,38)/b27-17+/t30-/m1/s1. The maximum absolute atomic E-state index is 13.9. The molecule has 1 aliphatic rings. The normalized spacial score (nSPS) is 14.3. The van der Waals surface area contributed by atoms with Crippen molar-refractivity contribution in [1.82, 2.24) is 4.57 Å². The van der Waals surface area contributed by atoms with E-state index in [1.807, 2.05) is 0 Å². The number of methoxy groups -OCH3 is 2. The Hall–Kier alpha value is -4.87. The highest BCUT2D eigenvalue weighted by Gasteiger charge is 2.34. The molecule has 3 aromatic carbocycles. The molecule has 0 unspecified atom stereocenters. The topological polar surface area (TPSA) is 117 Å². The fraction of sp³-hybridized carbons (Fsp3) is 0.212. The summed E-state index contributed by atoms with van der Waals surface area (Å²) in [6.07, 6.45) is 1.71. The third-order valence-corrected chi connectivity index (χ3v) is 8.27. The van der Waals surface area contributed by atoms with E-state index in [0.717, 1.165) is 0 Å². The fourth-order valence-electron chi connectivity index (χ4n) is 4.90.